The Kier molecular flexibility index (Phi) is 5.13. The van der Waals surface area contributed by atoms with Crippen molar-refractivity contribution in [3.63, 3.8) is 0 Å². The third kappa shape index (κ3) is 4.51. The molecule has 0 spiro atoms. The predicted molar refractivity (Wildman–Crippen MR) is 106 cm³/mol. The molecule has 8 heteroatoms. The van der Waals surface area contributed by atoms with Crippen molar-refractivity contribution in [3.05, 3.63) is 34.7 Å². The molecule has 26 heavy (non-hydrogen) atoms. The van der Waals surface area contributed by atoms with Crippen LogP contribution in [0.25, 0.3) is 0 Å². The number of anilines is 3. The van der Waals surface area contributed by atoms with Crippen molar-refractivity contribution in [1.82, 2.24) is 4.98 Å². The molecule has 0 atom stereocenters. The summed E-state index contributed by atoms with van der Waals surface area (Å²) in [5.74, 6) is 0.476. The van der Waals surface area contributed by atoms with Crippen LogP contribution in [0, 0.1) is 0 Å². The zero-order chi connectivity index (χ0) is 18.7. The van der Waals surface area contributed by atoms with Gasteiger partial charge in [-0.2, -0.15) is 5.10 Å². The highest BCUT2D eigenvalue weighted by atomic mass is 32.1. The van der Waals surface area contributed by atoms with E-state index < -0.39 is 5.60 Å². The fraction of sp³-hybridized carbons (Fsp3) is 0.389. The highest BCUT2D eigenvalue weighted by Crippen LogP contribution is 2.29. The van der Waals surface area contributed by atoms with Crippen LogP contribution in [-0.4, -0.2) is 29.4 Å². The molecule has 0 aliphatic carbocycles. The first kappa shape index (κ1) is 18.2. The molecule has 7 nitrogen and oxygen atoms in total. The first-order chi connectivity index (χ1) is 12.3. The first-order valence-electron chi connectivity index (χ1n) is 8.45. The van der Waals surface area contributed by atoms with Crippen molar-refractivity contribution >= 4 is 40.3 Å². The van der Waals surface area contributed by atoms with E-state index in [4.69, 9.17) is 10.5 Å². The number of fused-ring (bicyclic) bond motifs is 1. The average Bonchev–Trinajstić information content (AvgIpc) is 2.98. The number of nitrogens with one attached hydrogen (secondary N) is 1. The maximum atomic E-state index is 12.4. The van der Waals surface area contributed by atoms with E-state index in [0.29, 0.717) is 17.5 Å². The molecular formula is C18H23N5O2S. The summed E-state index contributed by atoms with van der Waals surface area (Å²) < 4.78 is 5.51. The number of nitrogens with two attached hydrogens (primary N) is 1. The highest BCUT2D eigenvalue weighted by Gasteiger charge is 2.27. The number of hydrogen-bond acceptors (Lipinski definition) is 7. The third-order valence-electron chi connectivity index (χ3n) is 3.73. The van der Waals surface area contributed by atoms with Gasteiger partial charge in [-0.05, 0) is 56.9 Å². The quantitative estimate of drug-likeness (QED) is 0.629. The molecule has 0 saturated carbocycles. The molecule has 1 aliphatic heterocycles. The van der Waals surface area contributed by atoms with Gasteiger partial charge in [-0.25, -0.2) is 9.78 Å². The molecule has 138 valence electrons. The number of benzene rings is 1. The number of hydrazone groups is 1. The molecule has 1 aromatic heterocycles. The normalized spacial score (nSPS) is 14.3. The molecule has 0 radical (unpaired) electrons. The lowest BCUT2D eigenvalue weighted by Gasteiger charge is -2.31. The lowest BCUT2D eigenvalue weighted by molar-refractivity contribution is 0.0578. The summed E-state index contributed by atoms with van der Waals surface area (Å²) >= 11 is 1.40. The maximum Gasteiger partial charge on any atom is 0.414 e. The number of carbonyl (C=O) groups is 1. The standard InChI is InChI=1S/C18H23N5O2S/c1-18(2,3)25-17(24)23-8-4-5-13-9-12(6-7-14(13)23)10-20-22-16-21-15(19)11-26-16/h6-7,9-11H,4-5,8,19H2,1-3H3,(H,21,22). The van der Waals surface area contributed by atoms with Crippen LogP contribution in [-0.2, 0) is 11.2 Å². The van der Waals surface area contributed by atoms with Gasteiger partial charge < -0.3 is 10.5 Å². The monoisotopic (exact) mass is 373 g/mol. The van der Waals surface area contributed by atoms with Crippen LogP contribution in [0.4, 0.5) is 21.4 Å². The van der Waals surface area contributed by atoms with E-state index in [1.165, 1.54) is 11.3 Å². The molecule has 1 aromatic carbocycles. The lowest BCUT2D eigenvalue weighted by Crippen LogP contribution is -2.39. The van der Waals surface area contributed by atoms with Gasteiger partial charge in [0.05, 0.1) is 11.9 Å². The van der Waals surface area contributed by atoms with E-state index in [0.717, 1.165) is 29.7 Å². The zero-order valence-electron chi connectivity index (χ0n) is 15.2. The van der Waals surface area contributed by atoms with Gasteiger partial charge in [-0.1, -0.05) is 6.07 Å². The lowest BCUT2D eigenvalue weighted by atomic mass is 10.00. The topological polar surface area (TPSA) is 92.8 Å². The number of hydrogen-bond donors (Lipinski definition) is 2. The summed E-state index contributed by atoms with van der Waals surface area (Å²) in [6.45, 7) is 6.29. The minimum atomic E-state index is -0.508. The first-order valence-corrected chi connectivity index (χ1v) is 9.33. The minimum Gasteiger partial charge on any atom is -0.443 e. The number of nitrogen functional groups attached to an aromatic ring is 1. The Morgan fingerprint density at radius 2 is 2.27 bits per heavy atom. The molecule has 0 unspecified atom stereocenters. The minimum absolute atomic E-state index is 0.303. The second-order valence-electron chi connectivity index (χ2n) is 7.07. The maximum absolute atomic E-state index is 12.4. The summed E-state index contributed by atoms with van der Waals surface area (Å²) in [5, 5.41) is 6.59. The fourth-order valence-electron chi connectivity index (χ4n) is 2.70. The molecule has 0 bridgehead atoms. The van der Waals surface area contributed by atoms with Crippen LogP contribution < -0.4 is 16.1 Å². The zero-order valence-corrected chi connectivity index (χ0v) is 16.0. The summed E-state index contributed by atoms with van der Waals surface area (Å²) in [6.07, 6.45) is 3.25. The number of rotatable bonds is 3. The second-order valence-corrected chi connectivity index (χ2v) is 7.93. The second kappa shape index (κ2) is 7.33. The molecule has 0 saturated heterocycles. The third-order valence-corrected chi connectivity index (χ3v) is 4.50. The van der Waals surface area contributed by atoms with Crippen molar-refractivity contribution in [2.24, 2.45) is 5.10 Å². The fourth-order valence-corrected chi connectivity index (χ4v) is 3.25. The van der Waals surface area contributed by atoms with Crippen molar-refractivity contribution in [2.75, 3.05) is 22.6 Å². The number of amides is 1. The van der Waals surface area contributed by atoms with Crippen LogP contribution in [0.2, 0.25) is 0 Å². The molecule has 2 aromatic rings. The summed E-state index contributed by atoms with van der Waals surface area (Å²) in [5.41, 5.74) is 10.9. The Morgan fingerprint density at radius 3 is 2.96 bits per heavy atom. The predicted octanol–water partition coefficient (Wildman–Crippen LogP) is 3.86. The van der Waals surface area contributed by atoms with Gasteiger partial charge in [-0.15, -0.1) is 11.3 Å². The smallest absolute Gasteiger partial charge is 0.414 e. The molecule has 2 heterocycles. The van der Waals surface area contributed by atoms with Gasteiger partial charge in [0.2, 0.25) is 5.13 Å². The average molecular weight is 373 g/mol. The SMILES string of the molecule is CC(C)(C)OC(=O)N1CCCc2cc(C=NNc3nc(N)cs3)ccc21. The molecule has 3 N–H and O–H groups in total. The van der Waals surface area contributed by atoms with E-state index in [1.54, 1.807) is 16.5 Å². The van der Waals surface area contributed by atoms with Crippen LogP contribution in [0.3, 0.4) is 0 Å². The summed E-state index contributed by atoms with van der Waals surface area (Å²) in [7, 11) is 0. The number of aryl methyl sites for hydroxylation is 1. The molecule has 1 aliphatic rings. The van der Waals surface area contributed by atoms with E-state index in [2.05, 4.69) is 15.5 Å². The van der Waals surface area contributed by atoms with E-state index in [-0.39, 0.29) is 6.09 Å². The highest BCUT2D eigenvalue weighted by molar-refractivity contribution is 7.14. The van der Waals surface area contributed by atoms with Gasteiger partial charge in [0, 0.05) is 11.9 Å². The van der Waals surface area contributed by atoms with Crippen molar-refractivity contribution in [3.8, 4) is 0 Å². The summed E-state index contributed by atoms with van der Waals surface area (Å²) in [4.78, 5) is 18.2. The van der Waals surface area contributed by atoms with Crippen LogP contribution >= 0.6 is 11.3 Å². The molecule has 1 amide bonds. The van der Waals surface area contributed by atoms with Crippen LogP contribution in [0.1, 0.15) is 38.3 Å². The number of carbonyl (C=O) groups excluding carboxylic acids is 1. The van der Waals surface area contributed by atoms with E-state index in [1.807, 2.05) is 39.0 Å². The van der Waals surface area contributed by atoms with Crippen molar-refractivity contribution in [2.45, 2.75) is 39.2 Å². The Morgan fingerprint density at radius 1 is 1.46 bits per heavy atom. The van der Waals surface area contributed by atoms with Gasteiger partial charge >= 0.3 is 6.09 Å². The summed E-state index contributed by atoms with van der Waals surface area (Å²) in [6, 6.07) is 5.93. The molecule has 3 rings (SSSR count). The number of aromatic nitrogens is 1. The van der Waals surface area contributed by atoms with Crippen LogP contribution in [0.5, 0.6) is 0 Å². The van der Waals surface area contributed by atoms with E-state index >= 15 is 0 Å². The largest absolute Gasteiger partial charge is 0.443 e. The van der Waals surface area contributed by atoms with Gasteiger partial charge in [0.1, 0.15) is 11.4 Å². The Hall–Kier alpha value is -2.61. The van der Waals surface area contributed by atoms with Crippen molar-refractivity contribution in [1.29, 1.82) is 0 Å². The Balaban J connectivity index is 1.72. The van der Waals surface area contributed by atoms with Gasteiger partial charge in [0.25, 0.3) is 0 Å². The number of ether oxygens (including phenoxy) is 1. The Labute approximate surface area is 156 Å². The Bertz CT molecular complexity index is 825. The van der Waals surface area contributed by atoms with Crippen molar-refractivity contribution < 1.29 is 9.53 Å². The van der Waals surface area contributed by atoms with Gasteiger partial charge in [0.15, 0.2) is 0 Å². The van der Waals surface area contributed by atoms with Crippen LogP contribution in [0.15, 0.2) is 28.7 Å². The molecule has 0 fully saturated rings. The number of nitrogens with zero attached hydrogens (tertiary/aromatic N) is 3. The van der Waals surface area contributed by atoms with E-state index in [9.17, 15) is 4.79 Å². The molecular weight excluding hydrogens is 350 g/mol. The van der Waals surface area contributed by atoms with Gasteiger partial charge in [-0.3, -0.25) is 10.3 Å². The number of thiazole rings is 1.